The molecule has 3 N–H and O–H groups in total. The molecule has 0 aliphatic carbocycles. The largest absolute Gasteiger partial charge is 0.389 e. The maximum Gasteiger partial charge on any atom is 0.261 e. The highest BCUT2D eigenvalue weighted by molar-refractivity contribution is 7.12. The molecule has 0 saturated carbocycles. The van der Waals surface area contributed by atoms with Gasteiger partial charge < -0.3 is 25.2 Å². The summed E-state index contributed by atoms with van der Waals surface area (Å²) in [4.78, 5) is 12.6. The molecule has 0 radical (unpaired) electrons. The maximum absolute atomic E-state index is 11.9. The van der Waals surface area contributed by atoms with Gasteiger partial charge in [0.25, 0.3) is 5.91 Å². The summed E-state index contributed by atoms with van der Waals surface area (Å²) in [7, 11) is 0. The standard InChI is InChI=1S/C15H22N2O4S/c18-14-11(17-10-3-5-20-6-4-10)9-21-12(14)8-16-15(19)13-2-1-7-22-13/h1-2,7,10-12,14,17-18H,3-6,8-9H2,(H,16,19)/t11-,12-,14+/m1/s1. The summed E-state index contributed by atoms with van der Waals surface area (Å²) >= 11 is 1.40. The highest BCUT2D eigenvalue weighted by Gasteiger charge is 2.37. The second-order valence-electron chi connectivity index (χ2n) is 5.71. The van der Waals surface area contributed by atoms with Gasteiger partial charge in [-0.05, 0) is 24.3 Å². The van der Waals surface area contributed by atoms with Crippen LogP contribution in [0.3, 0.4) is 0 Å². The molecule has 3 rings (SSSR count). The molecule has 22 heavy (non-hydrogen) atoms. The van der Waals surface area contributed by atoms with Gasteiger partial charge in [-0.1, -0.05) is 6.07 Å². The minimum atomic E-state index is -0.605. The molecule has 2 aliphatic heterocycles. The summed E-state index contributed by atoms with van der Waals surface area (Å²) < 4.78 is 11.0. The number of ether oxygens (including phenoxy) is 2. The van der Waals surface area contributed by atoms with E-state index < -0.39 is 6.10 Å². The van der Waals surface area contributed by atoms with E-state index in [0.29, 0.717) is 24.1 Å². The first-order valence-electron chi connectivity index (χ1n) is 7.69. The van der Waals surface area contributed by atoms with E-state index >= 15 is 0 Å². The van der Waals surface area contributed by atoms with E-state index in [1.54, 1.807) is 6.07 Å². The van der Waals surface area contributed by atoms with E-state index in [1.807, 2.05) is 11.4 Å². The Labute approximate surface area is 133 Å². The molecule has 1 aromatic rings. The molecule has 2 aliphatic rings. The van der Waals surface area contributed by atoms with Gasteiger partial charge >= 0.3 is 0 Å². The predicted octanol–water partition coefficient (Wildman–Crippen LogP) is 0.375. The molecule has 1 amide bonds. The topological polar surface area (TPSA) is 79.8 Å². The van der Waals surface area contributed by atoms with Crippen LogP contribution in [0, 0.1) is 0 Å². The number of carbonyl (C=O) groups excluding carboxylic acids is 1. The van der Waals surface area contributed by atoms with Gasteiger partial charge in [-0.15, -0.1) is 11.3 Å². The molecule has 2 saturated heterocycles. The molecule has 3 heterocycles. The van der Waals surface area contributed by atoms with Gasteiger partial charge in [0, 0.05) is 25.8 Å². The SMILES string of the molecule is O=C(NC[C@H]1OC[C@@H](NC2CCOCC2)[C@@H]1O)c1cccs1. The zero-order valence-corrected chi connectivity index (χ0v) is 13.2. The van der Waals surface area contributed by atoms with Crippen molar-refractivity contribution in [3.63, 3.8) is 0 Å². The van der Waals surface area contributed by atoms with Gasteiger partial charge in [-0.2, -0.15) is 0 Å². The molecule has 0 unspecified atom stereocenters. The molecule has 0 bridgehead atoms. The molecule has 0 aromatic carbocycles. The van der Waals surface area contributed by atoms with Crippen molar-refractivity contribution in [2.24, 2.45) is 0 Å². The Bertz CT molecular complexity index is 476. The lowest BCUT2D eigenvalue weighted by Gasteiger charge is -2.27. The molecule has 2 fully saturated rings. The molecular formula is C15H22N2O4S. The van der Waals surface area contributed by atoms with Crippen molar-refractivity contribution in [3.8, 4) is 0 Å². The number of nitrogens with one attached hydrogen (secondary N) is 2. The van der Waals surface area contributed by atoms with Crippen LogP contribution in [-0.2, 0) is 9.47 Å². The average molecular weight is 326 g/mol. The number of hydrogen-bond donors (Lipinski definition) is 3. The first kappa shape index (κ1) is 15.9. The maximum atomic E-state index is 11.9. The van der Waals surface area contributed by atoms with Crippen LogP contribution in [0.2, 0.25) is 0 Å². The van der Waals surface area contributed by atoms with Crippen molar-refractivity contribution in [2.75, 3.05) is 26.4 Å². The molecule has 7 heteroatoms. The highest BCUT2D eigenvalue weighted by atomic mass is 32.1. The Morgan fingerprint density at radius 2 is 2.23 bits per heavy atom. The second-order valence-corrected chi connectivity index (χ2v) is 6.66. The van der Waals surface area contributed by atoms with Crippen LogP contribution in [-0.4, -0.2) is 61.7 Å². The minimum absolute atomic E-state index is 0.0771. The summed E-state index contributed by atoms with van der Waals surface area (Å²) in [5.41, 5.74) is 0. The molecule has 1 aromatic heterocycles. The van der Waals surface area contributed by atoms with E-state index in [9.17, 15) is 9.90 Å². The zero-order chi connectivity index (χ0) is 15.4. The predicted molar refractivity (Wildman–Crippen MR) is 83.2 cm³/mol. The Morgan fingerprint density at radius 1 is 1.41 bits per heavy atom. The van der Waals surface area contributed by atoms with Crippen LogP contribution in [0.5, 0.6) is 0 Å². The van der Waals surface area contributed by atoms with Crippen LogP contribution in [0.4, 0.5) is 0 Å². The lowest BCUT2D eigenvalue weighted by Crippen LogP contribution is -2.49. The summed E-state index contributed by atoms with van der Waals surface area (Å²) in [6, 6.07) is 3.92. The lowest BCUT2D eigenvalue weighted by molar-refractivity contribution is 0.0377. The Hall–Kier alpha value is -0.990. The minimum Gasteiger partial charge on any atom is -0.389 e. The summed E-state index contributed by atoms with van der Waals surface area (Å²) in [6.07, 6.45) is 0.958. The van der Waals surface area contributed by atoms with Crippen molar-refractivity contribution in [2.45, 2.75) is 37.1 Å². The fraction of sp³-hybridized carbons (Fsp3) is 0.667. The van der Waals surface area contributed by atoms with Gasteiger partial charge in [0.15, 0.2) is 0 Å². The van der Waals surface area contributed by atoms with Gasteiger partial charge in [0.1, 0.15) is 6.10 Å². The second kappa shape index (κ2) is 7.52. The fourth-order valence-electron chi connectivity index (χ4n) is 2.87. The third-order valence-corrected chi connectivity index (χ3v) is 5.03. The number of amides is 1. The van der Waals surface area contributed by atoms with Crippen molar-refractivity contribution in [1.82, 2.24) is 10.6 Å². The summed E-state index contributed by atoms with van der Waals surface area (Å²) in [6.45, 7) is 2.32. The van der Waals surface area contributed by atoms with Crippen molar-refractivity contribution in [1.29, 1.82) is 0 Å². The van der Waals surface area contributed by atoms with Crippen molar-refractivity contribution < 1.29 is 19.4 Å². The number of aliphatic hydroxyl groups excluding tert-OH is 1. The highest BCUT2D eigenvalue weighted by Crippen LogP contribution is 2.17. The van der Waals surface area contributed by atoms with Crippen LogP contribution >= 0.6 is 11.3 Å². The lowest BCUT2D eigenvalue weighted by atomic mass is 10.0. The van der Waals surface area contributed by atoms with E-state index in [1.165, 1.54) is 11.3 Å². The summed E-state index contributed by atoms with van der Waals surface area (Å²) in [5, 5.41) is 18.5. The zero-order valence-electron chi connectivity index (χ0n) is 12.4. The van der Waals surface area contributed by atoms with E-state index in [2.05, 4.69) is 10.6 Å². The number of aliphatic hydroxyl groups is 1. The Morgan fingerprint density at radius 3 is 2.95 bits per heavy atom. The Kier molecular flexibility index (Phi) is 5.43. The molecule has 3 atom stereocenters. The number of hydrogen-bond acceptors (Lipinski definition) is 6. The van der Waals surface area contributed by atoms with Gasteiger partial charge in [0.2, 0.25) is 0 Å². The fourth-order valence-corrected chi connectivity index (χ4v) is 3.51. The third-order valence-electron chi connectivity index (χ3n) is 4.16. The first-order valence-corrected chi connectivity index (χ1v) is 8.57. The normalized spacial score (nSPS) is 29.6. The molecule has 122 valence electrons. The number of carbonyl (C=O) groups is 1. The first-order chi connectivity index (χ1) is 10.7. The third kappa shape index (κ3) is 3.85. The quantitative estimate of drug-likeness (QED) is 0.729. The van der Waals surface area contributed by atoms with E-state index in [0.717, 1.165) is 26.1 Å². The molecular weight excluding hydrogens is 304 g/mol. The van der Waals surface area contributed by atoms with Crippen LogP contribution < -0.4 is 10.6 Å². The number of rotatable bonds is 5. The van der Waals surface area contributed by atoms with Gasteiger partial charge in [0.05, 0.1) is 23.6 Å². The van der Waals surface area contributed by atoms with Crippen molar-refractivity contribution >= 4 is 17.2 Å². The molecule has 0 spiro atoms. The molecule has 6 nitrogen and oxygen atoms in total. The number of thiophene rings is 1. The van der Waals surface area contributed by atoms with Crippen LogP contribution in [0.25, 0.3) is 0 Å². The van der Waals surface area contributed by atoms with Crippen LogP contribution in [0.1, 0.15) is 22.5 Å². The van der Waals surface area contributed by atoms with Gasteiger partial charge in [-0.25, -0.2) is 0 Å². The van der Waals surface area contributed by atoms with Crippen LogP contribution in [0.15, 0.2) is 17.5 Å². The van der Waals surface area contributed by atoms with E-state index in [-0.39, 0.29) is 18.1 Å². The van der Waals surface area contributed by atoms with Crippen molar-refractivity contribution in [3.05, 3.63) is 22.4 Å². The van der Waals surface area contributed by atoms with E-state index in [4.69, 9.17) is 9.47 Å². The average Bonchev–Trinajstić information content (AvgIpc) is 3.18. The smallest absolute Gasteiger partial charge is 0.261 e. The monoisotopic (exact) mass is 326 g/mol. The summed E-state index contributed by atoms with van der Waals surface area (Å²) in [5.74, 6) is -0.119. The Balaban J connectivity index is 1.44. The van der Waals surface area contributed by atoms with Gasteiger partial charge in [-0.3, -0.25) is 4.79 Å².